The summed E-state index contributed by atoms with van der Waals surface area (Å²) in [6, 6.07) is 0. The third-order valence-corrected chi connectivity index (χ3v) is 6.67. The van der Waals surface area contributed by atoms with E-state index in [4.69, 9.17) is 4.74 Å². The molecule has 4 heteroatoms. The molecule has 138 valence electrons. The molecule has 0 bridgehead atoms. The van der Waals surface area contributed by atoms with Crippen LogP contribution < -0.4 is 0 Å². The quantitative estimate of drug-likeness (QED) is 0.592. The van der Waals surface area contributed by atoms with Gasteiger partial charge in [0.05, 0.1) is 12.2 Å². The molecule has 0 spiro atoms. The van der Waals surface area contributed by atoms with Crippen molar-refractivity contribution in [1.29, 1.82) is 0 Å². The molecule has 5 atom stereocenters. The van der Waals surface area contributed by atoms with Crippen molar-refractivity contribution < 1.29 is 19.7 Å². The van der Waals surface area contributed by atoms with Gasteiger partial charge < -0.3 is 14.9 Å². The molecule has 0 aromatic carbocycles. The van der Waals surface area contributed by atoms with Crippen LogP contribution in [0.1, 0.15) is 47.0 Å². The summed E-state index contributed by atoms with van der Waals surface area (Å²) in [6.45, 7) is 7.95. The monoisotopic (exact) mass is 346 g/mol. The molecule has 0 amide bonds. The van der Waals surface area contributed by atoms with Gasteiger partial charge in [0.2, 0.25) is 0 Å². The van der Waals surface area contributed by atoms with Gasteiger partial charge in [-0.3, -0.25) is 0 Å². The molecular formula is C21H30O4. The number of rotatable bonds is 5. The first-order valence-electron chi connectivity index (χ1n) is 9.32. The van der Waals surface area contributed by atoms with Gasteiger partial charge in [0, 0.05) is 17.6 Å². The van der Waals surface area contributed by atoms with E-state index >= 15 is 0 Å². The Morgan fingerprint density at radius 3 is 2.76 bits per heavy atom. The lowest BCUT2D eigenvalue weighted by Crippen LogP contribution is -2.35. The molecule has 1 heterocycles. The standard InChI is InChI=1S/C21H30O4/c1-13(5-6-14(12-22)20(2,3)24)16-7-8-17-15-11-19(23)25-18(15)9-10-21(16,17)4/h5-6,9,11,13-14,16-17,22,24H,7-8,10,12H2,1-4H3/b6-5+/t13-,14-,16-,17+,21-/m1/s1. The minimum absolute atomic E-state index is 0.0598. The Bertz CT molecular complexity index is 637. The zero-order valence-corrected chi connectivity index (χ0v) is 15.7. The number of allylic oxidation sites excluding steroid dienone is 3. The first-order valence-corrected chi connectivity index (χ1v) is 9.32. The normalized spacial score (nSPS) is 34.2. The van der Waals surface area contributed by atoms with Gasteiger partial charge in [-0.2, -0.15) is 0 Å². The van der Waals surface area contributed by atoms with E-state index in [1.165, 1.54) is 0 Å². The van der Waals surface area contributed by atoms with Crippen LogP contribution in [0.2, 0.25) is 0 Å². The van der Waals surface area contributed by atoms with Crippen LogP contribution in [0.5, 0.6) is 0 Å². The SMILES string of the molecule is C[C@H](/C=C/[C@H](CO)C(C)(C)O)[C@H]1CC[C@H]2C3=CC(=O)OC3=CC[C@]12C. The molecule has 25 heavy (non-hydrogen) atoms. The van der Waals surface area contributed by atoms with Crippen LogP contribution in [-0.2, 0) is 9.53 Å². The van der Waals surface area contributed by atoms with Crippen LogP contribution in [0.15, 0.2) is 35.6 Å². The van der Waals surface area contributed by atoms with E-state index in [2.05, 4.69) is 26.0 Å². The van der Waals surface area contributed by atoms with Crippen molar-refractivity contribution in [2.75, 3.05) is 6.61 Å². The summed E-state index contributed by atoms with van der Waals surface area (Å²) in [6.07, 6.45) is 11.0. The Morgan fingerprint density at radius 2 is 2.12 bits per heavy atom. The number of aliphatic hydroxyl groups excluding tert-OH is 1. The maximum absolute atomic E-state index is 11.6. The molecule has 4 nitrogen and oxygen atoms in total. The Morgan fingerprint density at radius 1 is 1.40 bits per heavy atom. The number of fused-ring (bicyclic) bond motifs is 3. The van der Waals surface area contributed by atoms with Crippen LogP contribution in [-0.4, -0.2) is 28.4 Å². The van der Waals surface area contributed by atoms with Crippen LogP contribution in [0.4, 0.5) is 0 Å². The minimum Gasteiger partial charge on any atom is -0.423 e. The minimum atomic E-state index is -0.929. The molecule has 3 rings (SSSR count). The van der Waals surface area contributed by atoms with Crippen molar-refractivity contribution in [2.45, 2.75) is 52.6 Å². The predicted molar refractivity (Wildman–Crippen MR) is 96.4 cm³/mol. The molecule has 1 aliphatic heterocycles. The van der Waals surface area contributed by atoms with Gasteiger partial charge >= 0.3 is 5.97 Å². The molecule has 1 fully saturated rings. The van der Waals surface area contributed by atoms with Crippen LogP contribution in [0.3, 0.4) is 0 Å². The second-order valence-electron chi connectivity index (χ2n) is 8.72. The average Bonchev–Trinajstić information content (AvgIpc) is 3.05. The molecular weight excluding hydrogens is 316 g/mol. The van der Waals surface area contributed by atoms with E-state index < -0.39 is 5.60 Å². The fourth-order valence-corrected chi connectivity index (χ4v) is 5.03. The zero-order chi connectivity index (χ0) is 18.4. The van der Waals surface area contributed by atoms with Gasteiger partial charge in [0.25, 0.3) is 0 Å². The van der Waals surface area contributed by atoms with E-state index in [1.54, 1.807) is 19.9 Å². The molecule has 0 aromatic rings. The molecule has 3 aliphatic rings. The highest BCUT2D eigenvalue weighted by Crippen LogP contribution is 2.60. The first kappa shape index (κ1) is 18.4. The molecule has 0 aromatic heterocycles. The van der Waals surface area contributed by atoms with Crippen molar-refractivity contribution in [1.82, 2.24) is 0 Å². The largest absolute Gasteiger partial charge is 0.423 e. The number of hydrogen-bond acceptors (Lipinski definition) is 4. The van der Waals surface area contributed by atoms with E-state index in [1.807, 2.05) is 6.08 Å². The molecule has 2 N–H and O–H groups in total. The van der Waals surface area contributed by atoms with Gasteiger partial charge in [0.1, 0.15) is 5.76 Å². The van der Waals surface area contributed by atoms with E-state index in [0.29, 0.717) is 17.8 Å². The van der Waals surface area contributed by atoms with Gasteiger partial charge in [-0.25, -0.2) is 4.79 Å². The molecule has 0 radical (unpaired) electrons. The van der Waals surface area contributed by atoms with Crippen LogP contribution in [0, 0.1) is 29.1 Å². The van der Waals surface area contributed by atoms with Gasteiger partial charge in [-0.15, -0.1) is 0 Å². The number of carbonyl (C=O) groups excluding carboxylic acids is 1. The molecule has 0 unspecified atom stereocenters. The smallest absolute Gasteiger partial charge is 0.336 e. The third-order valence-electron chi connectivity index (χ3n) is 6.67. The summed E-state index contributed by atoms with van der Waals surface area (Å²) in [5.41, 5.74) is 0.278. The maximum atomic E-state index is 11.6. The average molecular weight is 346 g/mol. The van der Waals surface area contributed by atoms with Gasteiger partial charge in [-0.05, 0) is 62.4 Å². The van der Waals surface area contributed by atoms with Crippen molar-refractivity contribution in [3.8, 4) is 0 Å². The highest BCUT2D eigenvalue weighted by atomic mass is 16.5. The topological polar surface area (TPSA) is 66.8 Å². The Hall–Kier alpha value is -1.39. The fourth-order valence-electron chi connectivity index (χ4n) is 5.03. The second kappa shape index (κ2) is 6.40. The fraction of sp³-hybridized carbons (Fsp3) is 0.667. The van der Waals surface area contributed by atoms with Gasteiger partial charge in [0.15, 0.2) is 0 Å². The number of esters is 1. The lowest BCUT2D eigenvalue weighted by molar-refractivity contribution is -0.132. The zero-order valence-electron chi connectivity index (χ0n) is 15.7. The Kier molecular flexibility index (Phi) is 4.71. The summed E-state index contributed by atoms with van der Waals surface area (Å²) in [4.78, 5) is 11.6. The van der Waals surface area contributed by atoms with Crippen LogP contribution in [0.25, 0.3) is 0 Å². The first-order chi connectivity index (χ1) is 11.7. The summed E-state index contributed by atoms with van der Waals surface area (Å²) >= 11 is 0. The summed E-state index contributed by atoms with van der Waals surface area (Å²) in [7, 11) is 0. The van der Waals surface area contributed by atoms with Crippen molar-refractivity contribution in [2.24, 2.45) is 29.1 Å². The molecule has 0 saturated heterocycles. The summed E-state index contributed by atoms with van der Waals surface area (Å²) in [5, 5.41) is 19.7. The van der Waals surface area contributed by atoms with Crippen molar-refractivity contribution in [3.63, 3.8) is 0 Å². The number of hydrogen-bond donors (Lipinski definition) is 2. The lowest BCUT2D eigenvalue weighted by atomic mass is 9.63. The van der Waals surface area contributed by atoms with Crippen LogP contribution >= 0.6 is 0 Å². The lowest BCUT2D eigenvalue weighted by Gasteiger charge is -2.41. The Balaban J connectivity index is 1.78. The van der Waals surface area contributed by atoms with Gasteiger partial charge in [-0.1, -0.05) is 26.0 Å². The summed E-state index contributed by atoms with van der Waals surface area (Å²) < 4.78 is 5.31. The van der Waals surface area contributed by atoms with E-state index in [0.717, 1.165) is 30.6 Å². The van der Waals surface area contributed by atoms with E-state index in [-0.39, 0.29) is 23.9 Å². The number of aliphatic hydroxyl groups is 2. The number of carbonyl (C=O) groups is 1. The van der Waals surface area contributed by atoms with Crippen molar-refractivity contribution in [3.05, 3.63) is 35.6 Å². The van der Waals surface area contributed by atoms with Crippen molar-refractivity contribution >= 4 is 5.97 Å². The highest BCUT2D eigenvalue weighted by molar-refractivity contribution is 5.88. The molecule has 2 aliphatic carbocycles. The molecule has 1 saturated carbocycles. The summed E-state index contributed by atoms with van der Waals surface area (Å²) in [5.74, 6) is 1.50. The highest BCUT2D eigenvalue weighted by Gasteiger charge is 2.52. The number of ether oxygens (including phenoxy) is 1. The second-order valence-corrected chi connectivity index (χ2v) is 8.72. The van der Waals surface area contributed by atoms with E-state index in [9.17, 15) is 15.0 Å². The maximum Gasteiger partial charge on any atom is 0.336 e. The predicted octanol–water partition coefficient (Wildman–Crippen LogP) is 3.36. The Labute approximate surface area is 150 Å². The third kappa shape index (κ3) is 3.22.